The number of rotatable bonds is 6. The van der Waals surface area contributed by atoms with Crippen LogP contribution in [0.15, 0.2) is 65.6 Å². The summed E-state index contributed by atoms with van der Waals surface area (Å²) in [5.41, 5.74) is -0.0859. The van der Waals surface area contributed by atoms with E-state index in [1.165, 1.54) is 19.1 Å². The third-order valence-electron chi connectivity index (χ3n) is 5.34. The van der Waals surface area contributed by atoms with Crippen LogP contribution in [0.3, 0.4) is 0 Å². The lowest BCUT2D eigenvalue weighted by Gasteiger charge is -2.23. The van der Waals surface area contributed by atoms with Gasteiger partial charge in [-0.1, -0.05) is 48.5 Å². The van der Waals surface area contributed by atoms with Gasteiger partial charge in [0.1, 0.15) is 0 Å². The molecule has 1 saturated carbocycles. The number of thioether (sulfide) groups is 1. The molecule has 0 aliphatic heterocycles. The zero-order valence-corrected chi connectivity index (χ0v) is 16.4. The summed E-state index contributed by atoms with van der Waals surface area (Å²) in [6, 6.07) is 20.3. The van der Waals surface area contributed by atoms with E-state index in [2.05, 4.69) is 24.3 Å². The van der Waals surface area contributed by atoms with Gasteiger partial charge < -0.3 is 9.47 Å². The number of hydrogen-bond donors (Lipinski definition) is 0. The zero-order chi connectivity index (χ0) is 19.3. The van der Waals surface area contributed by atoms with Crippen molar-refractivity contribution in [2.24, 2.45) is 11.3 Å². The highest BCUT2D eigenvalue weighted by molar-refractivity contribution is 7.99. The van der Waals surface area contributed by atoms with Gasteiger partial charge in [-0.2, -0.15) is 0 Å². The van der Waals surface area contributed by atoms with Crippen LogP contribution in [-0.2, 0) is 19.1 Å². The molecule has 1 fully saturated rings. The van der Waals surface area contributed by atoms with Gasteiger partial charge in [-0.3, -0.25) is 9.59 Å². The van der Waals surface area contributed by atoms with Gasteiger partial charge >= 0.3 is 11.9 Å². The summed E-state index contributed by atoms with van der Waals surface area (Å²) in [7, 11) is 2.66. The third-order valence-corrected chi connectivity index (χ3v) is 6.54. The topological polar surface area (TPSA) is 52.6 Å². The molecule has 0 spiro atoms. The minimum Gasteiger partial charge on any atom is -0.468 e. The van der Waals surface area contributed by atoms with Crippen LogP contribution >= 0.6 is 11.8 Å². The van der Waals surface area contributed by atoms with Gasteiger partial charge in [0, 0.05) is 10.6 Å². The molecule has 2 aromatic rings. The molecule has 0 aromatic heterocycles. The predicted octanol–water partition coefficient (Wildman–Crippen LogP) is 4.30. The van der Waals surface area contributed by atoms with Crippen LogP contribution < -0.4 is 0 Å². The molecule has 27 heavy (non-hydrogen) atoms. The molecule has 0 amide bonds. The molecule has 2 unspecified atom stereocenters. The SMILES string of the molecule is COC(=O)C1(C(=O)OC)CC(CSc2ccccc2)C(c2ccccc2)C1. The zero-order valence-electron chi connectivity index (χ0n) is 15.6. The highest BCUT2D eigenvalue weighted by Crippen LogP contribution is 2.53. The van der Waals surface area contributed by atoms with Crippen LogP contribution in [0.25, 0.3) is 0 Å². The Bertz CT molecular complexity index is 759. The Balaban J connectivity index is 1.90. The van der Waals surface area contributed by atoms with Crippen LogP contribution in [0, 0.1) is 11.3 Å². The summed E-state index contributed by atoms with van der Waals surface area (Å²) >= 11 is 1.75. The van der Waals surface area contributed by atoms with E-state index in [4.69, 9.17) is 9.47 Å². The predicted molar refractivity (Wildman–Crippen MR) is 106 cm³/mol. The number of methoxy groups -OCH3 is 2. The van der Waals surface area contributed by atoms with Crippen molar-refractivity contribution >= 4 is 23.7 Å². The summed E-state index contributed by atoms with van der Waals surface area (Å²) in [5.74, 6) is 0.0840. The Hall–Kier alpha value is -2.27. The van der Waals surface area contributed by atoms with Crippen LogP contribution in [-0.4, -0.2) is 31.9 Å². The molecule has 0 saturated heterocycles. The second kappa shape index (κ2) is 8.61. The number of hydrogen-bond acceptors (Lipinski definition) is 5. The number of esters is 2. The van der Waals surface area contributed by atoms with Gasteiger partial charge in [0.2, 0.25) is 0 Å². The molecule has 0 radical (unpaired) electrons. The lowest BCUT2D eigenvalue weighted by atomic mass is 9.84. The molecule has 4 nitrogen and oxygen atoms in total. The highest BCUT2D eigenvalue weighted by atomic mass is 32.2. The molecule has 2 atom stereocenters. The van der Waals surface area contributed by atoms with E-state index in [-0.39, 0.29) is 11.8 Å². The van der Waals surface area contributed by atoms with Crippen molar-refractivity contribution in [3.8, 4) is 0 Å². The number of ether oxygens (including phenoxy) is 2. The third kappa shape index (κ3) is 4.03. The second-order valence-corrected chi connectivity index (χ2v) is 7.97. The quantitative estimate of drug-likeness (QED) is 0.422. The Kier molecular flexibility index (Phi) is 6.22. The fourth-order valence-electron chi connectivity index (χ4n) is 4.01. The summed E-state index contributed by atoms with van der Waals surface area (Å²) < 4.78 is 10.0. The normalized spacial score (nSPS) is 20.8. The van der Waals surface area contributed by atoms with E-state index >= 15 is 0 Å². The van der Waals surface area contributed by atoms with Gasteiger partial charge in [-0.15, -0.1) is 11.8 Å². The van der Waals surface area contributed by atoms with Gasteiger partial charge in [0.05, 0.1) is 14.2 Å². The Morgan fingerprint density at radius 2 is 1.48 bits per heavy atom. The molecule has 142 valence electrons. The summed E-state index contributed by atoms with van der Waals surface area (Å²) in [6.45, 7) is 0. The van der Waals surface area contributed by atoms with Crippen molar-refractivity contribution in [1.82, 2.24) is 0 Å². The Morgan fingerprint density at radius 3 is 2.04 bits per heavy atom. The smallest absolute Gasteiger partial charge is 0.323 e. The maximum absolute atomic E-state index is 12.6. The minimum atomic E-state index is -1.23. The van der Waals surface area contributed by atoms with Gasteiger partial charge in [0.25, 0.3) is 0 Å². The minimum absolute atomic E-state index is 0.0978. The molecule has 1 aliphatic rings. The van der Waals surface area contributed by atoms with Crippen molar-refractivity contribution in [2.45, 2.75) is 23.7 Å². The highest BCUT2D eigenvalue weighted by Gasteiger charge is 2.57. The summed E-state index contributed by atoms with van der Waals surface area (Å²) in [4.78, 5) is 26.4. The molecule has 1 aliphatic carbocycles. The molecule has 3 rings (SSSR count). The standard InChI is InChI=1S/C22H24O4S/c1-25-20(23)22(21(24)26-2)13-17(15-27-18-11-7-4-8-12-18)19(14-22)16-9-5-3-6-10-16/h3-12,17,19H,13-15H2,1-2H3. The van der Waals surface area contributed by atoms with E-state index in [1.807, 2.05) is 36.4 Å². The molecule has 0 bridgehead atoms. The largest absolute Gasteiger partial charge is 0.468 e. The molecule has 5 heteroatoms. The fourth-order valence-corrected chi connectivity index (χ4v) is 5.11. The maximum Gasteiger partial charge on any atom is 0.323 e. The molecular formula is C22H24O4S. The van der Waals surface area contributed by atoms with Crippen molar-refractivity contribution in [2.75, 3.05) is 20.0 Å². The lowest BCUT2D eigenvalue weighted by molar-refractivity contribution is -0.168. The lowest BCUT2D eigenvalue weighted by Crippen LogP contribution is -2.39. The summed E-state index contributed by atoms with van der Waals surface area (Å²) in [5, 5.41) is 0. The van der Waals surface area contributed by atoms with Crippen molar-refractivity contribution in [3.05, 3.63) is 66.2 Å². The maximum atomic E-state index is 12.6. The van der Waals surface area contributed by atoms with E-state index in [9.17, 15) is 9.59 Å². The first-order chi connectivity index (χ1) is 13.1. The molecule has 0 N–H and O–H groups in total. The second-order valence-electron chi connectivity index (χ2n) is 6.87. The van der Waals surface area contributed by atoms with E-state index in [1.54, 1.807) is 11.8 Å². The van der Waals surface area contributed by atoms with Crippen LogP contribution in [0.4, 0.5) is 0 Å². The monoisotopic (exact) mass is 384 g/mol. The van der Waals surface area contributed by atoms with Crippen LogP contribution in [0.2, 0.25) is 0 Å². The Morgan fingerprint density at radius 1 is 0.926 bits per heavy atom. The first-order valence-electron chi connectivity index (χ1n) is 9.00. The van der Waals surface area contributed by atoms with Gasteiger partial charge in [0.15, 0.2) is 5.41 Å². The van der Waals surface area contributed by atoms with E-state index in [0.29, 0.717) is 12.8 Å². The van der Waals surface area contributed by atoms with Crippen LogP contribution in [0.5, 0.6) is 0 Å². The van der Waals surface area contributed by atoms with Gasteiger partial charge in [-0.05, 0) is 42.4 Å². The van der Waals surface area contributed by atoms with Crippen molar-refractivity contribution in [3.63, 3.8) is 0 Å². The van der Waals surface area contributed by atoms with E-state index in [0.717, 1.165) is 11.3 Å². The molecule has 0 heterocycles. The van der Waals surface area contributed by atoms with Crippen molar-refractivity contribution < 1.29 is 19.1 Å². The van der Waals surface area contributed by atoms with E-state index < -0.39 is 17.4 Å². The fraction of sp³-hybridized carbons (Fsp3) is 0.364. The molecular weight excluding hydrogens is 360 g/mol. The van der Waals surface area contributed by atoms with Crippen molar-refractivity contribution in [1.29, 1.82) is 0 Å². The Labute approximate surface area is 164 Å². The first kappa shape index (κ1) is 19.5. The summed E-state index contributed by atoms with van der Waals surface area (Å²) in [6.07, 6.45) is 0.849. The number of benzene rings is 2. The molecule has 2 aromatic carbocycles. The average molecular weight is 384 g/mol. The number of carbonyl (C=O) groups excluding carboxylic acids is 2. The average Bonchev–Trinajstić information content (AvgIpc) is 3.13. The number of carbonyl (C=O) groups is 2. The van der Waals surface area contributed by atoms with Crippen LogP contribution in [0.1, 0.15) is 24.3 Å². The first-order valence-corrected chi connectivity index (χ1v) is 9.99. The van der Waals surface area contributed by atoms with Gasteiger partial charge in [-0.25, -0.2) is 0 Å².